The van der Waals surface area contributed by atoms with Gasteiger partial charge < -0.3 is 5.73 Å². The molecule has 0 saturated carbocycles. The van der Waals surface area contributed by atoms with E-state index in [1.165, 1.54) is 0 Å². The van der Waals surface area contributed by atoms with E-state index in [9.17, 15) is 0 Å². The zero-order valence-electron chi connectivity index (χ0n) is 9.59. The third-order valence-corrected chi connectivity index (χ3v) is 2.75. The van der Waals surface area contributed by atoms with Crippen LogP contribution in [0.15, 0.2) is 36.5 Å². The first-order chi connectivity index (χ1) is 7.65. The minimum atomic E-state index is -0.126. The van der Waals surface area contributed by atoms with Gasteiger partial charge in [-0.25, -0.2) is 4.68 Å². The van der Waals surface area contributed by atoms with Crippen LogP contribution in [0.5, 0.6) is 0 Å². The van der Waals surface area contributed by atoms with Gasteiger partial charge in [0.25, 0.3) is 0 Å². The van der Waals surface area contributed by atoms with Crippen LogP contribution in [0.3, 0.4) is 0 Å². The molecule has 4 nitrogen and oxygen atoms in total. The van der Waals surface area contributed by atoms with E-state index in [0.29, 0.717) is 6.54 Å². The maximum atomic E-state index is 5.78. The van der Waals surface area contributed by atoms with Crippen molar-refractivity contribution in [2.75, 3.05) is 6.54 Å². The molecule has 2 rings (SSSR count). The van der Waals surface area contributed by atoms with Crippen LogP contribution in [0.1, 0.15) is 19.5 Å². The Morgan fingerprint density at radius 3 is 2.56 bits per heavy atom. The molecule has 0 fully saturated rings. The molecule has 0 atom stereocenters. The van der Waals surface area contributed by atoms with Crippen LogP contribution in [-0.4, -0.2) is 21.5 Å². The lowest BCUT2D eigenvalue weighted by molar-refractivity contribution is 0.502. The molecule has 0 spiro atoms. The Morgan fingerprint density at radius 2 is 1.94 bits per heavy atom. The fourth-order valence-corrected chi connectivity index (χ4v) is 1.56. The molecular weight excluding hydrogens is 200 g/mol. The molecule has 0 unspecified atom stereocenters. The Kier molecular flexibility index (Phi) is 2.75. The fourth-order valence-electron chi connectivity index (χ4n) is 1.56. The predicted octanol–water partition coefficient (Wildman–Crippen LogP) is 1.50. The molecule has 2 N–H and O–H groups in total. The van der Waals surface area contributed by atoms with E-state index in [-0.39, 0.29) is 5.41 Å². The van der Waals surface area contributed by atoms with Gasteiger partial charge in [0, 0.05) is 12.0 Å². The molecule has 1 aromatic carbocycles. The lowest BCUT2D eigenvalue weighted by Crippen LogP contribution is -2.30. The van der Waals surface area contributed by atoms with Crippen molar-refractivity contribution in [2.24, 2.45) is 5.73 Å². The van der Waals surface area contributed by atoms with E-state index < -0.39 is 0 Å². The van der Waals surface area contributed by atoms with Crippen LogP contribution in [0.2, 0.25) is 0 Å². The first-order valence-electron chi connectivity index (χ1n) is 5.32. The molecule has 0 bridgehead atoms. The highest BCUT2D eigenvalue weighted by Crippen LogP contribution is 2.22. The molecule has 0 aliphatic carbocycles. The van der Waals surface area contributed by atoms with Crippen molar-refractivity contribution < 1.29 is 0 Å². The predicted molar refractivity (Wildman–Crippen MR) is 63.4 cm³/mol. The molecule has 2 aromatic rings. The van der Waals surface area contributed by atoms with Gasteiger partial charge in [-0.1, -0.05) is 37.3 Å². The Hall–Kier alpha value is -1.68. The molecule has 4 heteroatoms. The van der Waals surface area contributed by atoms with Gasteiger partial charge in [0.2, 0.25) is 0 Å². The first-order valence-corrected chi connectivity index (χ1v) is 5.32. The summed E-state index contributed by atoms with van der Waals surface area (Å²) in [5, 5.41) is 8.08. The number of hydrogen-bond acceptors (Lipinski definition) is 3. The highest BCUT2D eigenvalue weighted by molar-refractivity contribution is 5.33. The third-order valence-electron chi connectivity index (χ3n) is 2.75. The Balaban J connectivity index is 2.49. The normalized spacial score (nSPS) is 11.7. The van der Waals surface area contributed by atoms with Crippen molar-refractivity contribution in [1.29, 1.82) is 0 Å². The van der Waals surface area contributed by atoms with E-state index in [2.05, 4.69) is 24.2 Å². The average Bonchev–Trinajstić information content (AvgIpc) is 2.80. The average molecular weight is 216 g/mol. The number of hydrogen-bond donors (Lipinski definition) is 1. The molecule has 84 valence electrons. The topological polar surface area (TPSA) is 56.7 Å². The lowest BCUT2D eigenvalue weighted by Gasteiger charge is -2.22. The quantitative estimate of drug-likeness (QED) is 0.846. The molecule has 0 radical (unpaired) electrons. The van der Waals surface area contributed by atoms with Crippen LogP contribution in [-0.2, 0) is 5.41 Å². The Labute approximate surface area is 95.1 Å². The highest BCUT2D eigenvalue weighted by atomic mass is 15.4. The largest absolute Gasteiger partial charge is 0.330 e. The minimum absolute atomic E-state index is 0.126. The molecule has 0 amide bonds. The summed E-state index contributed by atoms with van der Waals surface area (Å²) >= 11 is 0. The maximum absolute atomic E-state index is 5.78. The number of aromatic nitrogens is 3. The summed E-state index contributed by atoms with van der Waals surface area (Å²) in [5.74, 6) is 0. The summed E-state index contributed by atoms with van der Waals surface area (Å²) in [6.45, 7) is 4.74. The van der Waals surface area contributed by atoms with Crippen LogP contribution >= 0.6 is 0 Å². The van der Waals surface area contributed by atoms with Crippen molar-refractivity contribution in [1.82, 2.24) is 15.0 Å². The van der Waals surface area contributed by atoms with Crippen LogP contribution in [0.25, 0.3) is 5.69 Å². The van der Waals surface area contributed by atoms with E-state index in [1.807, 2.05) is 35.0 Å². The molecule has 0 saturated heterocycles. The molecule has 1 heterocycles. The van der Waals surface area contributed by atoms with Gasteiger partial charge >= 0.3 is 0 Å². The second-order valence-electron chi connectivity index (χ2n) is 4.45. The number of nitrogens with zero attached hydrogens (tertiary/aromatic N) is 3. The van der Waals surface area contributed by atoms with E-state index in [0.717, 1.165) is 11.4 Å². The summed E-state index contributed by atoms with van der Waals surface area (Å²) in [7, 11) is 0. The summed E-state index contributed by atoms with van der Waals surface area (Å²) in [6, 6.07) is 9.95. The summed E-state index contributed by atoms with van der Waals surface area (Å²) in [6.07, 6.45) is 1.78. The van der Waals surface area contributed by atoms with E-state index in [4.69, 9.17) is 5.73 Å². The van der Waals surface area contributed by atoms with Crippen LogP contribution in [0, 0.1) is 0 Å². The van der Waals surface area contributed by atoms with Gasteiger partial charge in [0.15, 0.2) is 0 Å². The van der Waals surface area contributed by atoms with Crippen molar-refractivity contribution in [3.63, 3.8) is 0 Å². The molecule has 16 heavy (non-hydrogen) atoms. The van der Waals surface area contributed by atoms with Gasteiger partial charge in [0.1, 0.15) is 0 Å². The second kappa shape index (κ2) is 4.06. The fraction of sp³-hybridized carbons (Fsp3) is 0.333. The van der Waals surface area contributed by atoms with Crippen LogP contribution < -0.4 is 5.73 Å². The smallest absolute Gasteiger partial charge is 0.0735 e. The van der Waals surface area contributed by atoms with Gasteiger partial charge in [-0.15, -0.1) is 5.10 Å². The van der Waals surface area contributed by atoms with Crippen molar-refractivity contribution in [3.8, 4) is 5.69 Å². The van der Waals surface area contributed by atoms with Gasteiger partial charge in [-0.2, -0.15) is 0 Å². The summed E-state index contributed by atoms with van der Waals surface area (Å²) in [4.78, 5) is 0. The standard InChI is InChI=1S/C12H16N4/c1-12(2,9-13)11-8-14-15-16(11)10-6-4-3-5-7-10/h3-8H,9,13H2,1-2H3. The second-order valence-corrected chi connectivity index (χ2v) is 4.45. The zero-order valence-corrected chi connectivity index (χ0v) is 9.59. The zero-order chi connectivity index (χ0) is 11.6. The number of para-hydroxylation sites is 1. The summed E-state index contributed by atoms with van der Waals surface area (Å²) < 4.78 is 1.84. The van der Waals surface area contributed by atoms with Crippen LogP contribution in [0.4, 0.5) is 0 Å². The number of benzene rings is 1. The third kappa shape index (κ3) is 1.84. The Morgan fingerprint density at radius 1 is 1.25 bits per heavy atom. The molecule has 0 aliphatic heterocycles. The highest BCUT2D eigenvalue weighted by Gasteiger charge is 2.24. The first kappa shape index (κ1) is 10.8. The Bertz CT molecular complexity index is 459. The lowest BCUT2D eigenvalue weighted by atomic mass is 9.90. The minimum Gasteiger partial charge on any atom is -0.330 e. The summed E-state index contributed by atoms with van der Waals surface area (Å²) in [5.41, 5.74) is 7.69. The van der Waals surface area contributed by atoms with Crippen molar-refractivity contribution in [2.45, 2.75) is 19.3 Å². The maximum Gasteiger partial charge on any atom is 0.0735 e. The van der Waals surface area contributed by atoms with Crippen molar-refractivity contribution >= 4 is 0 Å². The molecule has 0 aliphatic rings. The monoisotopic (exact) mass is 216 g/mol. The van der Waals surface area contributed by atoms with Gasteiger partial charge in [-0.3, -0.25) is 0 Å². The van der Waals surface area contributed by atoms with Gasteiger partial charge in [-0.05, 0) is 12.1 Å². The van der Waals surface area contributed by atoms with E-state index in [1.54, 1.807) is 6.20 Å². The number of nitrogens with two attached hydrogens (primary N) is 1. The van der Waals surface area contributed by atoms with Crippen molar-refractivity contribution in [3.05, 3.63) is 42.2 Å². The SMILES string of the molecule is CC(C)(CN)c1cnnn1-c1ccccc1. The number of rotatable bonds is 3. The molecular formula is C12H16N4. The molecule has 1 aromatic heterocycles. The van der Waals surface area contributed by atoms with Gasteiger partial charge in [0.05, 0.1) is 17.6 Å². The van der Waals surface area contributed by atoms with E-state index >= 15 is 0 Å².